The highest BCUT2D eigenvalue weighted by molar-refractivity contribution is 14.0. The summed E-state index contributed by atoms with van der Waals surface area (Å²) >= 11 is 0. The van der Waals surface area contributed by atoms with Gasteiger partial charge in [0.05, 0.1) is 33.6 Å². The fourth-order valence-electron chi connectivity index (χ4n) is 2.32. The molecule has 2 N–H and O–H groups in total. The maximum Gasteiger partial charge on any atom is 0.203 e. The van der Waals surface area contributed by atoms with Gasteiger partial charge >= 0.3 is 0 Å². The number of rotatable bonds is 7. The van der Waals surface area contributed by atoms with Crippen molar-refractivity contribution < 1.29 is 18.7 Å². The third-order valence-corrected chi connectivity index (χ3v) is 3.75. The lowest BCUT2D eigenvalue weighted by molar-refractivity contribution is 0.324. The Morgan fingerprint density at radius 1 is 1.11 bits per heavy atom. The molecule has 0 saturated heterocycles. The molecule has 1 aromatic carbocycles. The molecule has 0 aliphatic rings. The van der Waals surface area contributed by atoms with Gasteiger partial charge in [-0.15, -0.1) is 24.0 Å². The van der Waals surface area contributed by atoms with Gasteiger partial charge in [-0.3, -0.25) is 4.99 Å². The number of hydrogen-bond donors (Lipinski definition) is 2. The zero-order chi connectivity index (χ0) is 19.1. The van der Waals surface area contributed by atoms with Crippen LogP contribution in [0.1, 0.15) is 31.2 Å². The smallest absolute Gasteiger partial charge is 0.203 e. The van der Waals surface area contributed by atoms with Gasteiger partial charge in [-0.2, -0.15) is 0 Å². The second-order valence-electron chi connectivity index (χ2n) is 5.84. The SMILES string of the molecule is CN=C(NCc1cc(C(C)C)no1)Nc1cc(OC)c(OC)c(OC)c1.I. The number of aromatic nitrogens is 1. The van der Waals surface area contributed by atoms with E-state index >= 15 is 0 Å². The van der Waals surface area contributed by atoms with E-state index in [0.717, 1.165) is 17.1 Å². The highest BCUT2D eigenvalue weighted by Gasteiger charge is 2.14. The number of hydrogen-bond acceptors (Lipinski definition) is 6. The van der Waals surface area contributed by atoms with Crippen molar-refractivity contribution in [1.82, 2.24) is 10.5 Å². The van der Waals surface area contributed by atoms with Crippen LogP contribution in [0.4, 0.5) is 5.69 Å². The molecule has 2 aromatic rings. The average molecular weight is 490 g/mol. The van der Waals surface area contributed by atoms with Gasteiger partial charge in [0, 0.05) is 30.9 Å². The van der Waals surface area contributed by atoms with E-state index < -0.39 is 0 Å². The van der Waals surface area contributed by atoms with Crippen molar-refractivity contribution in [3.8, 4) is 17.2 Å². The van der Waals surface area contributed by atoms with Crippen LogP contribution in [0.15, 0.2) is 27.7 Å². The first-order valence-corrected chi connectivity index (χ1v) is 8.25. The number of nitrogens with zero attached hydrogens (tertiary/aromatic N) is 2. The number of benzene rings is 1. The Balaban J connectivity index is 0.00000364. The molecule has 0 bridgehead atoms. The maximum atomic E-state index is 5.36. The largest absolute Gasteiger partial charge is 0.493 e. The molecule has 0 unspecified atom stereocenters. The minimum absolute atomic E-state index is 0. The van der Waals surface area contributed by atoms with Crippen LogP contribution >= 0.6 is 24.0 Å². The monoisotopic (exact) mass is 490 g/mol. The summed E-state index contributed by atoms with van der Waals surface area (Å²) in [7, 11) is 6.40. The quantitative estimate of drug-likeness (QED) is 0.348. The van der Waals surface area contributed by atoms with E-state index in [0.29, 0.717) is 35.7 Å². The van der Waals surface area contributed by atoms with E-state index in [2.05, 4.69) is 34.6 Å². The Kier molecular flexibility index (Phi) is 9.19. The molecule has 27 heavy (non-hydrogen) atoms. The Morgan fingerprint density at radius 3 is 2.19 bits per heavy atom. The summed E-state index contributed by atoms with van der Waals surface area (Å²) in [5.41, 5.74) is 1.67. The van der Waals surface area contributed by atoms with Crippen LogP contribution in [0.5, 0.6) is 17.2 Å². The molecule has 1 heterocycles. The number of anilines is 1. The Bertz CT molecular complexity index is 737. The Labute approximate surface area is 176 Å². The topological polar surface area (TPSA) is 90.1 Å². The van der Waals surface area contributed by atoms with Crippen LogP contribution in [0, 0.1) is 0 Å². The Morgan fingerprint density at radius 2 is 1.74 bits per heavy atom. The highest BCUT2D eigenvalue weighted by atomic mass is 127. The number of aliphatic imine (C=N–C) groups is 1. The summed E-state index contributed by atoms with van der Waals surface area (Å²) < 4.78 is 21.4. The van der Waals surface area contributed by atoms with Crippen LogP contribution in [0.25, 0.3) is 0 Å². The minimum Gasteiger partial charge on any atom is -0.493 e. The van der Waals surface area contributed by atoms with Crippen LogP contribution < -0.4 is 24.8 Å². The summed E-state index contributed by atoms with van der Waals surface area (Å²) in [6.07, 6.45) is 0. The molecule has 0 aliphatic carbocycles. The van der Waals surface area contributed by atoms with Gasteiger partial charge in [0.25, 0.3) is 0 Å². The molecule has 0 saturated carbocycles. The van der Waals surface area contributed by atoms with Gasteiger partial charge in [0.1, 0.15) is 0 Å². The predicted octanol–water partition coefficient (Wildman–Crippen LogP) is 3.63. The van der Waals surface area contributed by atoms with Gasteiger partial charge in [0.2, 0.25) is 5.75 Å². The molecule has 0 radical (unpaired) electrons. The van der Waals surface area contributed by atoms with Crippen molar-refractivity contribution in [3.05, 3.63) is 29.7 Å². The molecule has 0 spiro atoms. The van der Waals surface area contributed by atoms with Crippen LogP contribution in [-0.2, 0) is 6.54 Å². The number of guanidine groups is 1. The second-order valence-corrected chi connectivity index (χ2v) is 5.84. The van der Waals surface area contributed by atoms with Crippen molar-refractivity contribution in [2.24, 2.45) is 4.99 Å². The normalized spacial score (nSPS) is 11.0. The molecule has 2 rings (SSSR count). The standard InChI is InChI=1S/C18H26N4O4.HI/c1-11(2)14-9-13(26-22-14)10-20-18(19-3)21-12-7-15(23-4)17(25-6)16(8-12)24-5;/h7-9,11H,10H2,1-6H3,(H2,19,20,21);1H. The molecule has 0 atom stereocenters. The molecule has 1 aromatic heterocycles. The summed E-state index contributed by atoms with van der Waals surface area (Å²) in [6, 6.07) is 5.55. The number of ether oxygens (including phenoxy) is 3. The van der Waals surface area contributed by atoms with Gasteiger partial charge < -0.3 is 29.4 Å². The fraction of sp³-hybridized carbons (Fsp3) is 0.444. The maximum absolute atomic E-state index is 5.36. The van der Waals surface area contributed by atoms with Crippen molar-refractivity contribution in [2.75, 3.05) is 33.7 Å². The van der Waals surface area contributed by atoms with Gasteiger partial charge in [-0.25, -0.2) is 0 Å². The van der Waals surface area contributed by atoms with Crippen molar-refractivity contribution in [1.29, 1.82) is 0 Å². The lowest BCUT2D eigenvalue weighted by atomic mass is 10.1. The van der Waals surface area contributed by atoms with E-state index in [4.69, 9.17) is 18.7 Å². The number of methoxy groups -OCH3 is 3. The van der Waals surface area contributed by atoms with E-state index in [1.54, 1.807) is 40.5 Å². The molecular formula is C18H27IN4O4. The molecule has 0 fully saturated rings. The summed E-state index contributed by atoms with van der Waals surface area (Å²) in [5.74, 6) is 3.28. The van der Waals surface area contributed by atoms with Gasteiger partial charge in [-0.05, 0) is 5.92 Å². The third-order valence-electron chi connectivity index (χ3n) is 3.75. The van der Waals surface area contributed by atoms with E-state index in [1.807, 2.05) is 6.07 Å². The van der Waals surface area contributed by atoms with Gasteiger partial charge in [0.15, 0.2) is 23.2 Å². The second kappa shape index (κ2) is 10.9. The predicted molar refractivity (Wildman–Crippen MR) is 116 cm³/mol. The molecule has 0 amide bonds. The summed E-state index contributed by atoms with van der Waals surface area (Å²) in [5, 5.41) is 10.4. The number of halogens is 1. The lowest BCUT2D eigenvalue weighted by Crippen LogP contribution is -2.30. The van der Waals surface area contributed by atoms with Crippen molar-refractivity contribution in [3.63, 3.8) is 0 Å². The first-order valence-electron chi connectivity index (χ1n) is 8.25. The minimum atomic E-state index is 0. The van der Waals surface area contributed by atoms with Gasteiger partial charge in [-0.1, -0.05) is 19.0 Å². The number of nitrogens with one attached hydrogen (secondary N) is 2. The van der Waals surface area contributed by atoms with E-state index in [1.165, 1.54) is 0 Å². The van der Waals surface area contributed by atoms with Crippen molar-refractivity contribution in [2.45, 2.75) is 26.3 Å². The van der Waals surface area contributed by atoms with Crippen LogP contribution in [0.2, 0.25) is 0 Å². The Hall–Kier alpha value is -2.17. The highest BCUT2D eigenvalue weighted by Crippen LogP contribution is 2.39. The van der Waals surface area contributed by atoms with Crippen molar-refractivity contribution >= 4 is 35.6 Å². The lowest BCUT2D eigenvalue weighted by Gasteiger charge is -2.16. The van der Waals surface area contributed by atoms with Crippen LogP contribution in [-0.4, -0.2) is 39.5 Å². The molecule has 0 aliphatic heterocycles. The average Bonchev–Trinajstić information content (AvgIpc) is 3.13. The summed E-state index contributed by atoms with van der Waals surface area (Å²) in [6.45, 7) is 4.60. The molecule has 9 heteroatoms. The zero-order valence-electron chi connectivity index (χ0n) is 16.5. The summed E-state index contributed by atoms with van der Waals surface area (Å²) in [4.78, 5) is 4.21. The zero-order valence-corrected chi connectivity index (χ0v) is 18.8. The first-order chi connectivity index (χ1) is 12.5. The molecule has 8 nitrogen and oxygen atoms in total. The first kappa shape index (κ1) is 22.9. The molecule has 150 valence electrons. The van der Waals surface area contributed by atoms with E-state index in [9.17, 15) is 0 Å². The van der Waals surface area contributed by atoms with E-state index in [-0.39, 0.29) is 24.0 Å². The fourth-order valence-corrected chi connectivity index (χ4v) is 2.32. The molecular weight excluding hydrogens is 463 g/mol. The van der Waals surface area contributed by atoms with Crippen LogP contribution in [0.3, 0.4) is 0 Å². The third kappa shape index (κ3) is 5.91.